The SMILES string of the molecule is C[C@H](NC(=O)CC1(O)CCCC1)[C@@H]1CN(Cc2ccccc2)CCO1. The number of rotatable bonds is 6. The third-order valence-electron chi connectivity index (χ3n) is 5.40. The standard InChI is InChI=1S/C20H30N2O3/c1-16(21-19(23)13-20(24)9-5-6-10-20)18-15-22(11-12-25-18)14-17-7-3-2-4-8-17/h2-4,7-8,16,18,24H,5-6,9-15H2,1H3,(H,21,23)/t16-,18-/m0/s1. The predicted octanol–water partition coefficient (Wildman–Crippen LogP) is 2.09. The van der Waals surface area contributed by atoms with E-state index in [0.29, 0.717) is 6.61 Å². The molecule has 1 saturated carbocycles. The second-order valence-corrected chi connectivity index (χ2v) is 7.59. The largest absolute Gasteiger partial charge is 0.389 e. The van der Waals surface area contributed by atoms with Gasteiger partial charge in [-0.25, -0.2) is 0 Å². The van der Waals surface area contributed by atoms with Gasteiger partial charge in [0.25, 0.3) is 0 Å². The zero-order valence-corrected chi connectivity index (χ0v) is 15.1. The van der Waals surface area contributed by atoms with Crippen molar-refractivity contribution in [2.45, 2.75) is 63.3 Å². The molecule has 1 heterocycles. The van der Waals surface area contributed by atoms with Crippen molar-refractivity contribution in [1.29, 1.82) is 0 Å². The minimum Gasteiger partial charge on any atom is -0.389 e. The van der Waals surface area contributed by atoms with Crippen LogP contribution in [0.1, 0.15) is 44.6 Å². The Hall–Kier alpha value is -1.43. The van der Waals surface area contributed by atoms with Gasteiger partial charge in [-0.05, 0) is 25.3 Å². The fourth-order valence-electron chi connectivity index (χ4n) is 3.93. The number of benzene rings is 1. The van der Waals surface area contributed by atoms with Crippen LogP contribution in [-0.4, -0.2) is 53.4 Å². The monoisotopic (exact) mass is 346 g/mol. The molecule has 2 atom stereocenters. The first-order valence-corrected chi connectivity index (χ1v) is 9.44. The van der Waals surface area contributed by atoms with Gasteiger partial charge >= 0.3 is 0 Å². The summed E-state index contributed by atoms with van der Waals surface area (Å²) < 4.78 is 5.88. The summed E-state index contributed by atoms with van der Waals surface area (Å²) >= 11 is 0. The summed E-state index contributed by atoms with van der Waals surface area (Å²) in [5, 5.41) is 13.4. The minimum atomic E-state index is -0.795. The molecule has 0 spiro atoms. The number of amides is 1. The van der Waals surface area contributed by atoms with E-state index >= 15 is 0 Å². The van der Waals surface area contributed by atoms with E-state index in [9.17, 15) is 9.90 Å². The molecule has 0 radical (unpaired) electrons. The second kappa shape index (κ2) is 8.30. The molecule has 1 aliphatic heterocycles. The molecule has 2 fully saturated rings. The van der Waals surface area contributed by atoms with Gasteiger partial charge in [0.1, 0.15) is 0 Å². The summed E-state index contributed by atoms with van der Waals surface area (Å²) in [6.45, 7) is 5.29. The van der Waals surface area contributed by atoms with Crippen molar-refractivity contribution >= 4 is 5.91 Å². The number of hydrogen-bond donors (Lipinski definition) is 2. The molecule has 138 valence electrons. The molecule has 3 rings (SSSR count). The van der Waals surface area contributed by atoms with Crippen LogP contribution >= 0.6 is 0 Å². The normalized spacial score (nSPS) is 24.8. The highest BCUT2D eigenvalue weighted by Crippen LogP contribution is 2.32. The molecule has 1 aromatic carbocycles. The van der Waals surface area contributed by atoms with Crippen molar-refractivity contribution < 1.29 is 14.6 Å². The van der Waals surface area contributed by atoms with Gasteiger partial charge in [0.15, 0.2) is 0 Å². The summed E-state index contributed by atoms with van der Waals surface area (Å²) in [5.41, 5.74) is 0.500. The van der Waals surface area contributed by atoms with Crippen molar-refractivity contribution in [3.8, 4) is 0 Å². The first kappa shape index (κ1) is 18.4. The number of nitrogens with zero attached hydrogens (tertiary/aromatic N) is 1. The third kappa shape index (κ3) is 5.27. The molecule has 5 heteroatoms. The lowest BCUT2D eigenvalue weighted by atomic mass is 9.97. The van der Waals surface area contributed by atoms with E-state index in [1.54, 1.807) is 0 Å². The van der Waals surface area contributed by atoms with Crippen molar-refractivity contribution in [2.75, 3.05) is 19.7 Å². The van der Waals surface area contributed by atoms with Gasteiger partial charge < -0.3 is 15.2 Å². The van der Waals surface area contributed by atoms with Crippen LogP contribution in [0.15, 0.2) is 30.3 Å². The van der Waals surface area contributed by atoms with Crippen LogP contribution in [0, 0.1) is 0 Å². The van der Waals surface area contributed by atoms with Crippen molar-refractivity contribution in [3.05, 3.63) is 35.9 Å². The molecule has 1 saturated heterocycles. The van der Waals surface area contributed by atoms with Gasteiger partial charge in [0, 0.05) is 19.6 Å². The maximum atomic E-state index is 12.3. The molecular weight excluding hydrogens is 316 g/mol. The van der Waals surface area contributed by atoms with Gasteiger partial charge in [0.2, 0.25) is 5.91 Å². The number of morpholine rings is 1. The number of ether oxygens (including phenoxy) is 1. The van der Waals surface area contributed by atoms with Crippen LogP contribution in [-0.2, 0) is 16.1 Å². The fraction of sp³-hybridized carbons (Fsp3) is 0.650. The van der Waals surface area contributed by atoms with E-state index < -0.39 is 5.60 Å². The van der Waals surface area contributed by atoms with Gasteiger partial charge in [0.05, 0.1) is 30.8 Å². The molecule has 0 aromatic heterocycles. The van der Waals surface area contributed by atoms with Crippen molar-refractivity contribution in [3.63, 3.8) is 0 Å². The summed E-state index contributed by atoms with van der Waals surface area (Å²) in [5.74, 6) is -0.0688. The van der Waals surface area contributed by atoms with E-state index in [0.717, 1.165) is 45.3 Å². The Morgan fingerprint density at radius 2 is 2.08 bits per heavy atom. The highest BCUT2D eigenvalue weighted by molar-refractivity contribution is 5.77. The second-order valence-electron chi connectivity index (χ2n) is 7.59. The highest BCUT2D eigenvalue weighted by atomic mass is 16.5. The Balaban J connectivity index is 1.48. The molecule has 0 bridgehead atoms. The fourth-order valence-corrected chi connectivity index (χ4v) is 3.93. The Kier molecular flexibility index (Phi) is 6.10. The summed E-state index contributed by atoms with van der Waals surface area (Å²) in [4.78, 5) is 14.7. The smallest absolute Gasteiger partial charge is 0.223 e. The number of carbonyl (C=O) groups excluding carboxylic acids is 1. The average molecular weight is 346 g/mol. The minimum absolute atomic E-state index is 0.0142. The first-order chi connectivity index (χ1) is 12.0. The van der Waals surface area contributed by atoms with Crippen molar-refractivity contribution in [2.24, 2.45) is 0 Å². The average Bonchev–Trinajstić information content (AvgIpc) is 3.02. The number of carbonyl (C=O) groups is 1. The maximum absolute atomic E-state index is 12.3. The molecular formula is C20H30N2O3. The quantitative estimate of drug-likeness (QED) is 0.828. The van der Waals surface area contributed by atoms with Gasteiger partial charge in [-0.2, -0.15) is 0 Å². The Morgan fingerprint density at radius 3 is 2.80 bits per heavy atom. The first-order valence-electron chi connectivity index (χ1n) is 9.44. The lowest BCUT2D eigenvalue weighted by molar-refractivity contribution is -0.128. The zero-order chi connectivity index (χ0) is 17.7. The summed E-state index contributed by atoms with van der Waals surface area (Å²) in [7, 11) is 0. The molecule has 1 amide bonds. The molecule has 1 aliphatic carbocycles. The van der Waals surface area contributed by atoms with Crippen LogP contribution in [0.4, 0.5) is 0 Å². The summed E-state index contributed by atoms with van der Waals surface area (Å²) in [6, 6.07) is 10.4. The van der Waals surface area contributed by atoms with E-state index in [-0.39, 0.29) is 24.5 Å². The lowest BCUT2D eigenvalue weighted by Crippen LogP contribution is -2.52. The number of hydrogen-bond acceptors (Lipinski definition) is 4. The van der Waals surface area contributed by atoms with E-state index in [4.69, 9.17) is 4.74 Å². The molecule has 1 aromatic rings. The Bertz CT molecular complexity index is 557. The van der Waals surface area contributed by atoms with Gasteiger partial charge in [-0.15, -0.1) is 0 Å². The van der Waals surface area contributed by atoms with Gasteiger partial charge in [-0.3, -0.25) is 9.69 Å². The lowest BCUT2D eigenvalue weighted by Gasteiger charge is -2.36. The maximum Gasteiger partial charge on any atom is 0.223 e. The highest BCUT2D eigenvalue weighted by Gasteiger charge is 2.34. The topological polar surface area (TPSA) is 61.8 Å². The van der Waals surface area contributed by atoms with Crippen LogP contribution in [0.25, 0.3) is 0 Å². The molecule has 0 unspecified atom stereocenters. The number of aliphatic hydroxyl groups is 1. The molecule has 25 heavy (non-hydrogen) atoms. The molecule has 5 nitrogen and oxygen atoms in total. The molecule has 2 N–H and O–H groups in total. The zero-order valence-electron chi connectivity index (χ0n) is 15.1. The van der Waals surface area contributed by atoms with E-state index in [2.05, 4.69) is 34.5 Å². The van der Waals surface area contributed by atoms with Crippen LogP contribution in [0.5, 0.6) is 0 Å². The summed E-state index contributed by atoms with van der Waals surface area (Å²) in [6.07, 6.45) is 3.69. The Morgan fingerprint density at radius 1 is 1.36 bits per heavy atom. The van der Waals surface area contributed by atoms with E-state index in [1.807, 2.05) is 13.0 Å². The van der Waals surface area contributed by atoms with Crippen molar-refractivity contribution in [1.82, 2.24) is 10.2 Å². The third-order valence-corrected chi connectivity index (χ3v) is 5.40. The van der Waals surface area contributed by atoms with Crippen LogP contribution in [0.2, 0.25) is 0 Å². The Labute approximate surface area is 150 Å². The van der Waals surface area contributed by atoms with E-state index in [1.165, 1.54) is 5.56 Å². The number of nitrogens with one attached hydrogen (secondary N) is 1. The van der Waals surface area contributed by atoms with Crippen LogP contribution < -0.4 is 5.32 Å². The van der Waals surface area contributed by atoms with Gasteiger partial charge in [-0.1, -0.05) is 43.2 Å². The van der Waals surface area contributed by atoms with Crippen LogP contribution in [0.3, 0.4) is 0 Å². The molecule has 2 aliphatic rings. The predicted molar refractivity (Wildman–Crippen MR) is 97.1 cm³/mol.